The van der Waals surface area contributed by atoms with E-state index in [9.17, 15) is 18.9 Å². The Hall–Kier alpha value is -0.980. The molecule has 14 heteroatoms. The van der Waals surface area contributed by atoms with Crippen molar-refractivity contribution in [2.45, 2.75) is 263 Å². The van der Waals surface area contributed by atoms with E-state index in [0.29, 0.717) is 18.3 Å². The average molecular weight is 1050 g/mol. The van der Waals surface area contributed by atoms with Crippen molar-refractivity contribution in [3.8, 4) is 0 Å². The SMILES string of the molecule is CCCCC/C=C\C/C=C\CCCCCCCCC1(CCCCCCCC/C=C\C/C=C\CCCCC)CCC2(CC1)O[C@H]1C[C@@H](CCCOP(=O)([O-])OCCN)[C@@H](CCCOP(=O)([O-])OCCN)C[C@@H]1O2. The molecule has 0 amide bonds. The van der Waals surface area contributed by atoms with E-state index < -0.39 is 21.4 Å². The molecule has 0 aromatic heterocycles. The van der Waals surface area contributed by atoms with Crippen LogP contribution < -0.4 is 21.3 Å². The molecule has 0 radical (unpaired) electrons. The van der Waals surface area contributed by atoms with Gasteiger partial charge in [-0.25, -0.2) is 0 Å². The molecule has 1 aliphatic heterocycles. The first-order valence-corrected chi connectivity index (χ1v) is 32.5. The highest BCUT2D eigenvalue weighted by Gasteiger charge is 2.54. The van der Waals surface area contributed by atoms with Gasteiger partial charge < -0.3 is 48.8 Å². The number of fused-ring (bicyclic) bond motifs is 1. The van der Waals surface area contributed by atoms with Crippen LogP contribution in [0.3, 0.4) is 0 Å². The molecule has 2 unspecified atom stereocenters. The maximum Gasteiger partial charge on any atom is 0.267 e. The molecule has 12 nitrogen and oxygen atoms in total. The van der Waals surface area contributed by atoms with E-state index in [1.807, 2.05) is 0 Å². The van der Waals surface area contributed by atoms with Gasteiger partial charge in [0.25, 0.3) is 15.6 Å². The number of allylic oxidation sites excluding steroid dienone is 8. The van der Waals surface area contributed by atoms with Crippen molar-refractivity contribution in [3.05, 3.63) is 48.6 Å². The van der Waals surface area contributed by atoms with Crippen LogP contribution in [0.4, 0.5) is 0 Å². The van der Waals surface area contributed by atoms with Crippen LogP contribution >= 0.6 is 15.6 Å². The fourth-order valence-corrected chi connectivity index (χ4v) is 12.8. The first kappa shape index (κ1) is 65.3. The van der Waals surface area contributed by atoms with E-state index in [1.54, 1.807) is 0 Å². The summed E-state index contributed by atoms with van der Waals surface area (Å²) >= 11 is 0. The molecule has 420 valence electrons. The van der Waals surface area contributed by atoms with Gasteiger partial charge in [0.1, 0.15) is 0 Å². The summed E-state index contributed by atoms with van der Waals surface area (Å²) in [5, 5.41) is 0. The third-order valence-electron chi connectivity index (χ3n) is 15.4. The number of ether oxygens (including phenoxy) is 2. The molecule has 2 saturated carbocycles. The van der Waals surface area contributed by atoms with Gasteiger partial charge in [0.05, 0.1) is 38.6 Å². The molecule has 1 spiro atoms. The van der Waals surface area contributed by atoms with Gasteiger partial charge in [-0.1, -0.05) is 152 Å². The minimum atomic E-state index is -4.41. The molecule has 6 atom stereocenters. The number of hydrogen-bond acceptors (Lipinski definition) is 12. The van der Waals surface area contributed by atoms with Crippen LogP contribution in [0.5, 0.6) is 0 Å². The number of phosphoric ester groups is 2. The van der Waals surface area contributed by atoms with Crippen molar-refractivity contribution in [2.75, 3.05) is 39.5 Å². The molecular formula is C58H106N2O10P2-2. The lowest BCUT2D eigenvalue weighted by atomic mass is 9.66. The minimum Gasteiger partial charge on any atom is -0.756 e. The monoisotopic (exact) mass is 1050 g/mol. The van der Waals surface area contributed by atoms with E-state index in [4.69, 9.17) is 39.0 Å². The smallest absolute Gasteiger partial charge is 0.267 e. The molecule has 0 aromatic rings. The van der Waals surface area contributed by atoms with E-state index in [2.05, 4.69) is 62.5 Å². The van der Waals surface area contributed by atoms with Gasteiger partial charge in [-0.05, 0) is 146 Å². The standard InChI is InChI=1S/C58H108N2O10P2/c1-3-5-7-9-11-13-15-17-19-21-23-25-27-29-31-33-39-57(40-34-32-30-28-26-24-22-20-18-16-14-12-10-8-6-4-2)41-43-58(44-42-57)69-55-51-53(37-35-47-65-71(61,62)67-49-45-59)54(52-56(55)70-58)38-36-48-66-72(63,64)68-50-46-60/h11-14,17-20,53-56H,3-10,15-16,21-52,59-60H2,1-2H3,(H,61,62)(H,63,64)/p-2/b13-11-,14-12-,19-17-,20-18-/t53-,54+,55-,56-/m0/s1. The molecule has 3 aliphatic rings. The van der Waals surface area contributed by atoms with Crippen LogP contribution in [0, 0.1) is 17.3 Å². The maximum atomic E-state index is 12.2. The first-order chi connectivity index (χ1) is 35.0. The highest BCUT2D eigenvalue weighted by atomic mass is 31.2. The third-order valence-corrected chi connectivity index (χ3v) is 17.4. The van der Waals surface area contributed by atoms with E-state index in [-0.39, 0.29) is 63.6 Å². The van der Waals surface area contributed by atoms with Crippen LogP contribution in [-0.4, -0.2) is 57.5 Å². The molecule has 0 bridgehead atoms. The third kappa shape index (κ3) is 30.1. The summed E-state index contributed by atoms with van der Waals surface area (Å²) in [6, 6.07) is 0. The molecule has 1 heterocycles. The Morgan fingerprint density at radius 3 is 1.19 bits per heavy atom. The summed E-state index contributed by atoms with van der Waals surface area (Å²) in [6.07, 6.45) is 60.0. The zero-order chi connectivity index (χ0) is 51.9. The Morgan fingerprint density at radius 2 is 0.819 bits per heavy atom. The normalized spacial score (nSPS) is 22.8. The molecule has 3 fully saturated rings. The zero-order valence-corrected chi connectivity index (χ0v) is 47.5. The van der Waals surface area contributed by atoms with Gasteiger partial charge in [-0.15, -0.1) is 0 Å². The van der Waals surface area contributed by atoms with Crippen molar-refractivity contribution >= 4 is 15.6 Å². The Bertz CT molecular complexity index is 1450. The second-order valence-electron chi connectivity index (χ2n) is 21.5. The topological polar surface area (TPSA) is 188 Å². The van der Waals surface area contributed by atoms with Crippen LogP contribution in [0.1, 0.15) is 245 Å². The first-order valence-electron chi connectivity index (χ1n) is 29.6. The Labute approximate surface area is 440 Å². The van der Waals surface area contributed by atoms with Gasteiger partial charge in [-0.2, -0.15) is 0 Å². The van der Waals surface area contributed by atoms with E-state index >= 15 is 0 Å². The summed E-state index contributed by atoms with van der Waals surface area (Å²) in [5.74, 6) is -0.103. The minimum absolute atomic E-state index is 0.0251. The number of hydrogen-bond donors (Lipinski definition) is 2. The van der Waals surface area contributed by atoms with Crippen molar-refractivity contribution in [1.82, 2.24) is 0 Å². The second-order valence-corrected chi connectivity index (χ2v) is 24.3. The lowest BCUT2D eigenvalue weighted by molar-refractivity contribution is -0.226. The number of unbranched alkanes of at least 4 members (excludes halogenated alkanes) is 18. The van der Waals surface area contributed by atoms with Crippen molar-refractivity contribution in [1.29, 1.82) is 0 Å². The highest BCUT2D eigenvalue weighted by Crippen LogP contribution is 2.55. The molecule has 3 rings (SSSR count). The predicted octanol–water partition coefficient (Wildman–Crippen LogP) is 14.9. The van der Waals surface area contributed by atoms with Gasteiger partial charge >= 0.3 is 0 Å². The van der Waals surface area contributed by atoms with Crippen molar-refractivity contribution in [2.24, 2.45) is 28.7 Å². The average Bonchev–Trinajstić information content (AvgIpc) is 3.72. The van der Waals surface area contributed by atoms with Crippen molar-refractivity contribution < 1.29 is 46.5 Å². The van der Waals surface area contributed by atoms with Gasteiger partial charge in [0.2, 0.25) is 0 Å². The summed E-state index contributed by atoms with van der Waals surface area (Å²) < 4.78 is 58.3. The lowest BCUT2D eigenvalue weighted by Crippen LogP contribution is -2.40. The molecule has 0 aromatic carbocycles. The summed E-state index contributed by atoms with van der Waals surface area (Å²) in [7, 11) is -8.83. The Balaban J connectivity index is 1.51. The largest absolute Gasteiger partial charge is 0.756 e. The van der Waals surface area contributed by atoms with Crippen molar-refractivity contribution in [3.63, 3.8) is 0 Å². The molecule has 4 N–H and O–H groups in total. The number of nitrogens with two attached hydrogens (primary N) is 2. The Kier molecular flexibility index (Phi) is 36.5. The summed E-state index contributed by atoms with van der Waals surface area (Å²) in [4.78, 5) is 24.3. The zero-order valence-electron chi connectivity index (χ0n) is 45.8. The molecule has 2 aliphatic carbocycles. The number of rotatable bonds is 46. The quantitative estimate of drug-likeness (QED) is 0.0334. The van der Waals surface area contributed by atoms with E-state index in [0.717, 1.165) is 64.2 Å². The second kappa shape index (κ2) is 40.3. The molecule has 1 saturated heterocycles. The fraction of sp³-hybridized carbons (Fsp3) is 0.862. The van der Waals surface area contributed by atoms with Crippen LogP contribution in [0.25, 0.3) is 0 Å². The fourth-order valence-electron chi connectivity index (χ4n) is 11.3. The molecule has 72 heavy (non-hydrogen) atoms. The number of phosphoric acid groups is 2. The highest BCUT2D eigenvalue weighted by molar-refractivity contribution is 7.46. The van der Waals surface area contributed by atoms with E-state index in [1.165, 1.54) is 154 Å². The van der Waals surface area contributed by atoms with Gasteiger partial charge in [-0.3, -0.25) is 9.13 Å². The summed E-state index contributed by atoms with van der Waals surface area (Å²) in [6.45, 7) is 4.51. The van der Waals surface area contributed by atoms with Gasteiger partial charge in [0.15, 0.2) is 5.79 Å². The van der Waals surface area contributed by atoms with Crippen LogP contribution in [0.15, 0.2) is 48.6 Å². The molecular weight excluding hydrogens is 947 g/mol. The summed E-state index contributed by atoms with van der Waals surface area (Å²) in [5.41, 5.74) is 11.2. The lowest BCUT2D eigenvalue weighted by Gasteiger charge is -2.44. The van der Waals surface area contributed by atoms with Gasteiger partial charge in [0, 0.05) is 25.9 Å². The Morgan fingerprint density at radius 1 is 0.472 bits per heavy atom. The predicted molar refractivity (Wildman–Crippen MR) is 293 cm³/mol. The van der Waals surface area contributed by atoms with Crippen LogP contribution in [-0.2, 0) is 36.7 Å². The maximum absolute atomic E-state index is 12.2. The van der Waals surface area contributed by atoms with Crippen LogP contribution in [0.2, 0.25) is 0 Å².